The number of rotatable bonds is 9. The summed E-state index contributed by atoms with van der Waals surface area (Å²) in [5.74, 6) is 0.573. The van der Waals surface area contributed by atoms with Gasteiger partial charge in [-0.1, -0.05) is 11.6 Å². The Labute approximate surface area is 189 Å². The molecule has 0 saturated heterocycles. The summed E-state index contributed by atoms with van der Waals surface area (Å²) >= 11 is 5.84. The molecule has 0 aliphatic carbocycles. The SMILES string of the molecule is CCOc1cc(C=Nc2ccc([N+](=O)[O-])cc2)ccc1OCC(=O)Nc1ccc(Cl)cc1. The maximum atomic E-state index is 12.2. The maximum Gasteiger partial charge on any atom is 0.269 e. The zero-order chi connectivity index (χ0) is 22.9. The normalized spacial score (nSPS) is 10.7. The number of halogens is 1. The standard InChI is InChI=1S/C23H20ClN3O5/c1-2-31-22-13-16(14-25-18-8-10-20(11-9-18)27(29)30)3-12-21(22)32-15-23(28)26-19-6-4-17(24)5-7-19/h3-14H,2,15H2,1H3,(H,26,28). The number of ether oxygens (including phenoxy) is 2. The number of aliphatic imine (C=N–C) groups is 1. The fraction of sp³-hybridized carbons (Fsp3) is 0.130. The molecule has 0 radical (unpaired) electrons. The van der Waals surface area contributed by atoms with Crippen molar-refractivity contribution in [2.45, 2.75) is 6.92 Å². The summed E-state index contributed by atoms with van der Waals surface area (Å²) in [4.78, 5) is 26.7. The van der Waals surface area contributed by atoms with E-state index in [0.717, 1.165) is 5.56 Å². The molecule has 0 spiro atoms. The van der Waals surface area contributed by atoms with E-state index in [1.807, 2.05) is 6.92 Å². The zero-order valence-electron chi connectivity index (χ0n) is 17.2. The molecule has 0 aliphatic rings. The molecule has 0 saturated carbocycles. The highest BCUT2D eigenvalue weighted by molar-refractivity contribution is 6.30. The van der Waals surface area contributed by atoms with Gasteiger partial charge in [0.2, 0.25) is 0 Å². The first-order chi connectivity index (χ1) is 15.4. The Hall–Kier alpha value is -3.91. The summed E-state index contributed by atoms with van der Waals surface area (Å²) in [5.41, 5.74) is 1.94. The topological polar surface area (TPSA) is 103 Å². The number of nitro benzene ring substituents is 1. The van der Waals surface area contributed by atoms with E-state index in [-0.39, 0.29) is 18.2 Å². The van der Waals surface area contributed by atoms with Gasteiger partial charge >= 0.3 is 0 Å². The van der Waals surface area contributed by atoms with Crippen LogP contribution >= 0.6 is 11.6 Å². The van der Waals surface area contributed by atoms with Crippen molar-refractivity contribution in [3.63, 3.8) is 0 Å². The van der Waals surface area contributed by atoms with Crippen LogP contribution in [0.15, 0.2) is 71.7 Å². The molecule has 3 rings (SSSR count). The van der Waals surface area contributed by atoms with Crippen LogP contribution in [0.5, 0.6) is 11.5 Å². The first-order valence-electron chi connectivity index (χ1n) is 9.68. The number of amides is 1. The van der Waals surface area contributed by atoms with Gasteiger partial charge in [-0.3, -0.25) is 19.9 Å². The lowest BCUT2D eigenvalue weighted by Crippen LogP contribution is -2.20. The number of hydrogen-bond donors (Lipinski definition) is 1. The molecule has 1 N–H and O–H groups in total. The maximum absolute atomic E-state index is 12.2. The van der Waals surface area contributed by atoms with Crippen LogP contribution in [-0.2, 0) is 4.79 Å². The molecule has 8 nitrogen and oxygen atoms in total. The fourth-order valence-electron chi connectivity index (χ4n) is 2.68. The summed E-state index contributed by atoms with van der Waals surface area (Å²) in [6, 6.07) is 17.9. The lowest BCUT2D eigenvalue weighted by molar-refractivity contribution is -0.384. The Bertz CT molecular complexity index is 1120. The molecule has 0 atom stereocenters. The predicted octanol–water partition coefficient (Wildman–Crippen LogP) is 5.42. The van der Waals surface area contributed by atoms with E-state index in [4.69, 9.17) is 21.1 Å². The number of hydrogen-bond acceptors (Lipinski definition) is 6. The highest BCUT2D eigenvalue weighted by Crippen LogP contribution is 2.28. The lowest BCUT2D eigenvalue weighted by Gasteiger charge is -2.12. The van der Waals surface area contributed by atoms with Gasteiger partial charge in [-0.2, -0.15) is 0 Å². The first-order valence-corrected chi connectivity index (χ1v) is 10.1. The van der Waals surface area contributed by atoms with E-state index in [9.17, 15) is 14.9 Å². The van der Waals surface area contributed by atoms with Crippen LogP contribution in [-0.4, -0.2) is 30.3 Å². The number of nitrogens with one attached hydrogen (secondary N) is 1. The number of anilines is 1. The van der Waals surface area contributed by atoms with Crippen LogP contribution < -0.4 is 14.8 Å². The molecule has 9 heteroatoms. The number of nitro groups is 1. The Morgan fingerprint density at radius 3 is 2.44 bits per heavy atom. The summed E-state index contributed by atoms with van der Waals surface area (Å²) in [6.45, 7) is 2.06. The minimum Gasteiger partial charge on any atom is -0.490 e. The molecule has 3 aromatic carbocycles. The van der Waals surface area contributed by atoms with Gasteiger partial charge in [0.25, 0.3) is 11.6 Å². The van der Waals surface area contributed by atoms with Crippen LogP contribution in [0.25, 0.3) is 0 Å². The van der Waals surface area contributed by atoms with Crippen LogP contribution in [0.3, 0.4) is 0 Å². The largest absolute Gasteiger partial charge is 0.490 e. The molecule has 1 amide bonds. The Morgan fingerprint density at radius 2 is 1.78 bits per heavy atom. The smallest absolute Gasteiger partial charge is 0.269 e. The molecular weight excluding hydrogens is 434 g/mol. The van der Waals surface area contributed by atoms with Gasteiger partial charge in [0, 0.05) is 29.1 Å². The first kappa shape index (κ1) is 22.8. The van der Waals surface area contributed by atoms with Gasteiger partial charge in [0.1, 0.15) is 0 Å². The molecule has 0 bridgehead atoms. The molecule has 0 unspecified atom stereocenters. The van der Waals surface area contributed by atoms with Crippen LogP contribution in [0, 0.1) is 10.1 Å². The van der Waals surface area contributed by atoms with Crippen molar-refractivity contribution in [2.75, 3.05) is 18.5 Å². The highest BCUT2D eigenvalue weighted by Gasteiger charge is 2.10. The van der Waals surface area contributed by atoms with Crippen molar-refractivity contribution in [3.05, 3.63) is 87.4 Å². The average molecular weight is 454 g/mol. The van der Waals surface area contributed by atoms with Crippen molar-refractivity contribution < 1.29 is 19.2 Å². The monoisotopic (exact) mass is 453 g/mol. The summed E-state index contributed by atoms with van der Waals surface area (Å²) in [7, 11) is 0. The second-order valence-corrected chi connectivity index (χ2v) is 6.95. The van der Waals surface area contributed by atoms with Crippen molar-refractivity contribution in [2.24, 2.45) is 4.99 Å². The fourth-order valence-corrected chi connectivity index (χ4v) is 2.80. The summed E-state index contributed by atoms with van der Waals surface area (Å²) < 4.78 is 11.3. The van der Waals surface area contributed by atoms with Crippen molar-refractivity contribution in [1.82, 2.24) is 0 Å². The van der Waals surface area contributed by atoms with E-state index < -0.39 is 4.92 Å². The zero-order valence-corrected chi connectivity index (χ0v) is 17.9. The average Bonchev–Trinajstić information content (AvgIpc) is 2.79. The Morgan fingerprint density at radius 1 is 1.06 bits per heavy atom. The minimum absolute atomic E-state index is 0.00387. The molecular formula is C23H20ClN3O5. The predicted molar refractivity (Wildman–Crippen MR) is 124 cm³/mol. The third-order valence-corrected chi connectivity index (χ3v) is 4.43. The van der Waals surface area contributed by atoms with Crippen LogP contribution in [0.1, 0.15) is 12.5 Å². The molecule has 164 valence electrons. The number of benzene rings is 3. The third-order valence-electron chi connectivity index (χ3n) is 4.18. The van der Waals surface area contributed by atoms with Crippen LogP contribution in [0.4, 0.5) is 17.1 Å². The number of carbonyl (C=O) groups is 1. The molecule has 0 aliphatic heterocycles. The second-order valence-electron chi connectivity index (χ2n) is 6.51. The highest BCUT2D eigenvalue weighted by atomic mass is 35.5. The molecule has 0 fully saturated rings. The van der Waals surface area contributed by atoms with E-state index in [2.05, 4.69) is 10.3 Å². The molecule has 0 aromatic heterocycles. The van der Waals surface area contributed by atoms with Gasteiger partial charge in [-0.05, 0) is 67.1 Å². The van der Waals surface area contributed by atoms with E-state index in [1.54, 1.807) is 60.8 Å². The lowest BCUT2D eigenvalue weighted by atomic mass is 10.2. The van der Waals surface area contributed by atoms with Gasteiger partial charge in [0.05, 0.1) is 17.2 Å². The van der Waals surface area contributed by atoms with E-state index >= 15 is 0 Å². The van der Waals surface area contributed by atoms with Crippen molar-refractivity contribution in [3.8, 4) is 11.5 Å². The molecule has 3 aromatic rings. The van der Waals surface area contributed by atoms with Crippen molar-refractivity contribution in [1.29, 1.82) is 0 Å². The van der Waals surface area contributed by atoms with Crippen LogP contribution in [0.2, 0.25) is 5.02 Å². The van der Waals surface area contributed by atoms with Gasteiger partial charge in [-0.25, -0.2) is 0 Å². The summed E-state index contributed by atoms with van der Waals surface area (Å²) in [5, 5.41) is 14.0. The minimum atomic E-state index is -0.462. The quantitative estimate of drug-likeness (QED) is 0.265. The van der Waals surface area contributed by atoms with E-state index in [1.165, 1.54) is 12.1 Å². The number of carbonyl (C=O) groups excluding carboxylic acids is 1. The third kappa shape index (κ3) is 6.55. The molecule has 32 heavy (non-hydrogen) atoms. The molecule has 0 heterocycles. The van der Waals surface area contributed by atoms with Gasteiger partial charge in [0.15, 0.2) is 18.1 Å². The number of nitrogens with zero attached hydrogens (tertiary/aromatic N) is 2. The Balaban J connectivity index is 1.65. The summed E-state index contributed by atoms with van der Waals surface area (Å²) in [6.07, 6.45) is 1.61. The van der Waals surface area contributed by atoms with Gasteiger partial charge < -0.3 is 14.8 Å². The second kappa shape index (κ2) is 10.9. The van der Waals surface area contributed by atoms with Crippen molar-refractivity contribution >= 4 is 40.8 Å². The Kier molecular flexibility index (Phi) is 7.77. The number of non-ortho nitro benzene ring substituents is 1. The van der Waals surface area contributed by atoms with E-state index in [0.29, 0.717) is 34.5 Å². The van der Waals surface area contributed by atoms with Gasteiger partial charge in [-0.15, -0.1) is 0 Å².